The van der Waals surface area contributed by atoms with E-state index in [9.17, 15) is 4.79 Å². The molecule has 4 heteroatoms. The van der Waals surface area contributed by atoms with E-state index in [0.29, 0.717) is 6.04 Å². The lowest BCUT2D eigenvalue weighted by Crippen LogP contribution is -2.43. The standard InChI is InChI=1S/C10H16N2O2/c1-14-10(13)9(7-11)12-8-5-3-2-4-6-8/h8-9,12H,2-6H2,1H3. The van der Waals surface area contributed by atoms with Crippen LogP contribution in [0.25, 0.3) is 0 Å². The van der Waals surface area contributed by atoms with Crippen LogP contribution >= 0.6 is 0 Å². The molecule has 1 saturated carbocycles. The molecule has 0 aromatic heterocycles. The zero-order valence-corrected chi connectivity index (χ0v) is 8.45. The van der Waals surface area contributed by atoms with E-state index < -0.39 is 12.0 Å². The molecule has 0 aromatic carbocycles. The average Bonchev–Trinajstić information content (AvgIpc) is 2.26. The number of hydrogen-bond acceptors (Lipinski definition) is 4. The van der Waals surface area contributed by atoms with Crippen LogP contribution in [0.4, 0.5) is 0 Å². The molecule has 0 radical (unpaired) electrons. The fraction of sp³-hybridized carbons (Fsp3) is 0.800. The molecule has 1 atom stereocenters. The Morgan fingerprint density at radius 3 is 2.64 bits per heavy atom. The zero-order valence-electron chi connectivity index (χ0n) is 8.45. The highest BCUT2D eigenvalue weighted by Gasteiger charge is 2.23. The highest BCUT2D eigenvalue weighted by Crippen LogP contribution is 2.17. The maximum absolute atomic E-state index is 11.1. The summed E-state index contributed by atoms with van der Waals surface area (Å²) in [7, 11) is 1.30. The van der Waals surface area contributed by atoms with Gasteiger partial charge in [0.2, 0.25) is 0 Å². The van der Waals surface area contributed by atoms with Crippen molar-refractivity contribution < 1.29 is 9.53 Å². The number of carbonyl (C=O) groups excluding carboxylic acids is 1. The van der Waals surface area contributed by atoms with Crippen molar-refractivity contribution >= 4 is 5.97 Å². The maximum Gasteiger partial charge on any atom is 0.337 e. The lowest BCUT2D eigenvalue weighted by Gasteiger charge is -2.24. The third-order valence-electron chi connectivity index (χ3n) is 2.57. The van der Waals surface area contributed by atoms with Crippen LogP contribution in [-0.4, -0.2) is 25.2 Å². The van der Waals surface area contributed by atoms with Crippen LogP contribution in [0.1, 0.15) is 32.1 Å². The number of rotatable bonds is 3. The van der Waals surface area contributed by atoms with Gasteiger partial charge < -0.3 is 4.74 Å². The second-order valence-electron chi connectivity index (χ2n) is 3.59. The number of carbonyl (C=O) groups is 1. The van der Waals surface area contributed by atoms with Crippen molar-refractivity contribution in [3.8, 4) is 6.07 Å². The minimum absolute atomic E-state index is 0.299. The molecule has 14 heavy (non-hydrogen) atoms. The van der Waals surface area contributed by atoms with Crippen molar-refractivity contribution in [2.24, 2.45) is 0 Å². The van der Waals surface area contributed by atoms with E-state index in [0.717, 1.165) is 12.8 Å². The molecule has 0 saturated heterocycles. The Kier molecular flexibility index (Phi) is 4.41. The van der Waals surface area contributed by atoms with Crippen molar-refractivity contribution in [3.63, 3.8) is 0 Å². The van der Waals surface area contributed by atoms with E-state index in [1.807, 2.05) is 6.07 Å². The molecule has 0 amide bonds. The third-order valence-corrected chi connectivity index (χ3v) is 2.57. The summed E-state index contributed by atoms with van der Waals surface area (Å²) in [6, 6.07) is 1.41. The van der Waals surface area contributed by atoms with Crippen LogP contribution in [0, 0.1) is 11.3 Å². The van der Waals surface area contributed by atoms with Crippen LogP contribution in [0.3, 0.4) is 0 Å². The van der Waals surface area contributed by atoms with Gasteiger partial charge in [-0.2, -0.15) is 5.26 Å². The molecule has 78 valence electrons. The number of methoxy groups -OCH3 is 1. The summed E-state index contributed by atoms with van der Waals surface area (Å²) >= 11 is 0. The lowest BCUT2D eigenvalue weighted by molar-refractivity contribution is -0.141. The van der Waals surface area contributed by atoms with Gasteiger partial charge >= 0.3 is 5.97 Å². The van der Waals surface area contributed by atoms with Crippen molar-refractivity contribution in [2.45, 2.75) is 44.2 Å². The first-order chi connectivity index (χ1) is 6.77. The van der Waals surface area contributed by atoms with Gasteiger partial charge in [-0.3, -0.25) is 5.32 Å². The Morgan fingerprint density at radius 1 is 1.50 bits per heavy atom. The number of nitrogens with one attached hydrogen (secondary N) is 1. The average molecular weight is 196 g/mol. The molecule has 1 unspecified atom stereocenters. The predicted octanol–water partition coefficient (Wildman–Crippen LogP) is 0.974. The van der Waals surface area contributed by atoms with E-state index >= 15 is 0 Å². The zero-order chi connectivity index (χ0) is 10.4. The largest absolute Gasteiger partial charge is 0.467 e. The fourth-order valence-electron chi connectivity index (χ4n) is 1.78. The van der Waals surface area contributed by atoms with Gasteiger partial charge in [0.15, 0.2) is 6.04 Å². The number of nitrogens with zero attached hydrogens (tertiary/aromatic N) is 1. The fourth-order valence-corrected chi connectivity index (χ4v) is 1.78. The van der Waals surface area contributed by atoms with E-state index in [1.54, 1.807) is 0 Å². The van der Waals surface area contributed by atoms with Crippen LogP contribution < -0.4 is 5.32 Å². The smallest absolute Gasteiger partial charge is 0.337 e. The molecule has 1 N–H and O–H groups in total. The summed E-state index contributed by atoms with van der Waals surface area (Å²) in [5.41, 5.74) is 0. The Bertz CT molecular complexity index is 229. The second-order valence-corrected chi connectivity index (χ2v) is 3.59. The SMILES string of the molecule is COC(=O)C(C#N)NC1CCCCC1. The molecule has 1 aliphatic rings. The molecule has 1 aliphatic carbocycles. The Balaban J connectivity index is 2.39. The first-order valence-corrected chi connectivity index (χ1v) is 5.01. The molecule has 0 heterocycles. The van der Waals surface area contributed by atoms with Gasteiger partial charge in [-0.15, -0.1) is 0 Å². The topological polar surface area (TPSA) is 62.1 Å². The van der Waals surface area contributed by atoms with Gasteiger partial charge in [-0.1, -0.05) is 19.3 Å². The van der Waals surface area contributed by atoms with Gasteiger partial charge in [-0.25, -0.2) is 4.79 Å². The first kappa shape index (κ1) is 11.0. The van der Waals surface area contributed by atoms with Gasteiger partial charge in [0, 0.05) is 6.04 Å². The van der Waals surface area contributed by atoms with Gasteiger partial charge in [0.05, 0.1) is 13.2 Å². The number of nitriles is 1. The summed E-state index contributed by atoms with van der Waals surface area (Å²) in [6.45, 7) is 0. The van der Waals surface area contributed by atoms with Crippen LogP contribution in [0.15, 0.2) is 0 Å². The second kappa shape index (κ2) is 5.61. The number of ether oxygens (including phenoxy) is 1. The van der Waals surface area contributed by atoms with E-state index in [4.69, 9.17) is 5.26 Å². The minimum Gasteiger partial charge on any atom is -0.467 e. The van der Waals surface area contributed by atoms with Gasteiger partial charge in [0.1, 0.15) is 0 Å². The lowest BCUT2D eigenvalue weighted by atomic mass is 9.95. The Labute approximate surface area is 84.2 Å². The summed E-state index contributed by atoms with van der Waals surface area (Å²) in [6.07, 6.45) is 5.71. The van der Waals surface area contributed by atoms with Crippen molar-refractivity contribution in [1.82, 2.24) is 5.32 Å². The van der Waals surface area contributed by atoms with Crippen LogP contribution in [-0.2, 0) is 9.53 Å². The molecule has 1 rings (SSSR count). The molecule has 0 aliphatic heterocycles. The molecule has 4 nitrogen and oxygen atoms in total. The summed E-state index contributed by atoms with van der Waals surface area (Å²) in [4.78, 5) is 11.1. The monoisotopic (exact) mass is 196 g/mol. The summed E-state index contributed by atoms with van der Waals surface area (Å²) in [5, 5.41) is 11.8. The third kappa shape index (κ3) is 3.00. The van der Waals surface area contributed by atoms with E-state index in [-0.39, 0.29) is 0 Å². The summed E-state index contributed by atoms with van der Waals surface area (Å²) in [5.74, 6) is -0.488. The van der Waals surface area contributed by atoms with Crippen LogP contribution in [0.5, 0.6) is 0 Å². The van der Waals surface area contributed by atoms with Crippen LogP contribution in [0.2, 0.25) is 0 Å². The quantitative estimate of drug-likeness (QED) is 0.683. The summed E-state index contributed by atoms with van der Waals surface area (Å²) < 4.78 is 4.52. The van der Waals surface area contributed by atoms with Gasteiger partial charge in [-0.05, 0) is 12.8 Å². The molecule has 1 fully saturated rings. The number of hydrogen-bond donors (Lipinski definition) is 1. The molecular formula is C10H16N2O2. The molecule has 0 spiro atoms. The van der Waals surface area contributed by atoms with E-state index in [2.05, 4.69) is 10.1 Å². The Hall–Kier alpha value is -1.08. The maximum atomic E-state index is 11.1. The van der Waals surface area contributed by atoms with Crippen molar-refractivity contribution in [2.75, 3.05) is 7.11 Å². The number of esters is 1. The highest BCUT2D eigenvalue weighted by molar-refractivity contribution is 5.78. The van der Waals surface area contributed by atoms with E-state index in [1.165, 1.54) is 26.4 Å². The van der Waals surface area contributed by atoms with Gasteiger partial charge in [0.25, 0.3) is 0 Å². The van der Waals surface area contributed by atoms with Crippen molar-refractivity contribution in [1.29, 1.82) is 5.26 Å². The highest BCUT2D eigenvalue weighted by atomic mass is 16.5. The van der Waals surface area contributed by atoms with Crippen molar-refractivity contribution in [3.05, 3.63) is 0 Å². The predicted molar refractivity (Wildman–Crippen MR) is 51.4 cm³/mol. The molecule has 0 aromatic rings. The normalized spacial score (nSPS) is 19.7. The molecule has 0 bridgehead atoms. The minimum atomic E-state index is -0.803. The Morgan fingerprint density at radius 2 is 2.14 bits per heavy atom. The first-order valence-electron chi connectivity index (χ1n) is 5.01. The molecular weight excluding hydrogens is 180 g/mol.